The molecule has 1 unspecified atom stereocenters. The summed E-state index contributed by atoms with van der Waals surface area (Å²) in [7, 11) is 1.42. The highest BCUT2D eigenvalue weighted by molar-refractivity contribution is 5.33. The molecule has 0 bridgehead atoms. The van der Waals surface area contributed by atoms with Gasteiger partial charge in [-0.1, -0.05) is 12.1 Å². The lowest BCUT2D eigenvalue weighted by atomic mass is 10.0. The summed E-state index contributed by atoms with van der Waals surface area (Å²) < 4.78 is 32.5. The van der Waals surface area contributed by atoms with Crippen LogP contribution in [0.25, 0.3) is 0 Å². The quantitative estimate of drug-likeness (QED) is 0.927. The molecule has 100 valence electrons. The Hall–Kier alpha value is -2.01. The average Bonchev–Trinajstić information content (AvgIpc) is 2.43. The zero-order valence-electron chi connectivity index (χ0n) is 10.5. The third-order valence-corrected chi connectivity index (χ3v) is 2.83. The predicted octanol–water partition coefficient (Wildman–Crippen LogP) is 2.76. The van der Waals surface area contributed by atoms with Crippen molar-refractivity contribution in [3.8, 4) is 5.88 Å². The number of methoxy groups -OCH3 is 1. The van der Waals surface area contributed by atoms with Gasteiger partial charge in [0.2, 0.25) is 5.88 Å². The number of benzene rings is 1. The molecule has 1 heterocycles. The van der Waals surface area contributed by atoms with Gasteiger partial charge in [-0.05, 0) is 24.6 Å². The van der Waals surface area contributed by atoms with E-state index in [1.54, 1.807) is 12.1 Å². The van der Waals surface area contributed by atoms with E-state index in [-0.39, 0.29) is 17.1 Å². The van der Waals surface area contributed by atoms with E-state index in [1.165, 1.54) is 26.2 Å². The van der Waals surface area contributed by atoms with Crippen LogP contribution in [0, 0.1) is 18.6 Å². The summed E-state index contributed by atoms with van der Waals surface area (Å²) in [6, 6.07) is 7.10. The van der Waals surface area contributed by atoms with E-state index in [0.717, 1.165) is 6.07 Å². The van der Waals surface area contributed by atoms with Crippen LogP contribution in [-0.2, 0) is 0 Å². The Balaban J connectivity index is 2.49. The van der Waals surface area contributed by atoms with Gasteiger partial charge in [0.05, 0.1) is 18.4 Å². The van der Waals surface area contributed by atoms with Gasteiger partial charge in [-0.25, -0.2) is 13.8 Å². The summed E-state index contributed by atoms with van der Waals surface area (Å²) in [4.78, 5) is 3.97. The molecule has 0 aliphatic rings. The van der Waals surface area contributed by atoms with Crippen LogP contribution in [0.3, 0.4) is 0 Å². The molecule has 0 radical (unpaired) electrons. The SMILES string of the molecule is COc1cccc(C(O)c2c(F)ccc(C)c2F)n1. The third-order valence-electron chi connectivity index (χ3n) is 2.83. The van der Waals surface area contributed by atoms with E-state index in [4.69, 9.17) is 4.74 Å². The summed E-state index contributed by atoms with van der Waals surface area (Å²) in [5.74, 6) is -1.30. The number of aliphatic hydroxyl groups is 1. The highest BCUT2D eigenvalue weighted by Crippen LogP contribution is 2.28. The zero-order valence-corrected chi connectivity index (χ0v) is 10.5. The van der Waals surface area contributed by atoms with E-state index < -0.39 is 23.3 Å². The largest absolute Gasteiger partial charge is 0.481 e. The molecule has 0 aliphatic heterocycles. The van der Waals surface area contributed by atoms with Gasteiger partial charge in [-0.3, -0.25) is 0 Å². The Kier molecular flexibility index (Phi) is 3.76. The third kappa shape index (κ3) is 2.56. The van der Waals surface area contributed by atoms with Crippen LogP contribution in [0.1, 0.15) is 22.9 Å². The minimum Gasteiger partial charge on any atom is -0.481 e. The number of aryl methyl sites for hydroxylation is 1. The van der Waals surface area contributed by atoms with Crippen molar-refractivity contribution >= 4 is 0 Å². The molecule has 1 aromatic heterocycles. The van der Waals surface area contributed by atoms with Crippen LogP contribution in [0.2, 0.25) is 0 Å². The summed E-state index contributed by atoms with van der Waals surface area (Å²) in [5, 5.41) is 10.1. The van der Waals surface area contributed by atoms with Crippen molar-refractivity contribution in [2.24, 2.45) is 0 Å². The number of halogens is 2. The van der Waals surface area contributed by atoms with Gasteiger partial charge in [0.1, 0.15) is 17.7 Å². The summed E-state index contributed by atoms with van der Waals surface area (Å²) in [6.07, 6.45) is -1.48. The Bertz CT molecular complexity index is 602. The fourth-order valence-corrected chi connectivity index (χ4v) is 1.77. The first kappa shape index (κ1) is 13.4. The van der Waals surface area contributed by atoms with E-state index in [1.807, 2.05) is 0 Å². The highest BCUT2D eigenvalue weighted by Gasteiger charge is 2.22. The van der Waals surface area contributed by atoms with Gasteiger partial charge < -0.3 is 9.84 Å². The summed E-state index contributed by atoms with van der Waals surface area (Å²) >= 11 is 0. The van der Waals surface area contributed by atoms with Crippen LogP contribution in [-0.4, -0.2) is 17.2 Å². The Morgan fingerprint density at radius 2 is 1.95 bits per heavy atom. The van der Waals surface area contributed by atoms with Gasteiger partial charge in [0.15, 0.2) is 0 Å². The molecular weight excluding hydrogens is 252 g/mol. The van der Waals surface area contributed by atoms with Crippen molar-refractivity contribution in [1.29, 1.82) is 0 Å². The monoisotopic (exact) mass is 265 g/mol. The van der Waals surface area contributed by atoms with Crippen molar-refractivity contribution in [2.75, 3.05) is 7.11 Å². The minimum absolute atomic E-state index is 0.128. The molecular formula is C14H13F2NO2. The van der Waals surface area contributed by atoms with Crippen LogP contribution in [0.4, 0.5) is 8.78 Å². The number of pyridine rings is 1. The zero-order chi connectivity index (χ0) is 14.0. The lowest BCUT2D eigenvalue weighted by molar-refractivity contribution is 0.202. The topological polar surface area (TPSA) is 42.4 Å². The fraction of sp³-hybridized carbons (Fsp3) is 0.214. The van der Waals surface area contributed by atoms with Crippen molar-refractivity contribution < 1.29 is 18.6 Å². The molecule has 2 rings (SSSR count). The number of aromatic nitrogens is 1. The van der Waals surface area contributed by atoms with Crippen LogP contribution in [0.15, 0.2) is 30.3 Å². The maximum absolute atomic E-state index is 13.9. The molecule has 5 heteroatoms. The molecule has 3 nitrogen and oxygen atoms in total. The van der Waals surface area contributed by atoms with E-state index >= 15 is 0 Å². The van der Waals surface area contributed by atoms with Crippen LogP contribution < -0.4 is 4.74 Å². The lowest BCUT2D eigenvalue weighted by Gasteiger charge is -2.14. The number of rotatable bonds is 3. The normalized spacial score (nSPS) is 12.3. The first-order chi connectivity index (χ1) is 9.04. The maximum atomic E-state index is 13.9. The Morgan fingerprint density at radius 3 is 2.63 bits per heavy atom. The first-order valence-corrected chi connectivity index (χ1v) is 5.68. The fourth-order valence-electron chi connectivity index (χ4n) is 1.77. The second kappa shape index (κ2) is 5.32. The molecule has 19 heavy (non-hydrogen) atoms. The molecule has 1 aromatic carbocycles. The van der Waals surface area contributed by atoms with Gasteiger partial charge in [0, 0.05) is 6.07 Å². The first-order valence-electron chi connectivity index (χ1n) is 5.68. The molecule has 2 aromatic rings. The van der Waals surface area contributed by atoms with Gasteiger partial charge in [-0.2, -0.15) is 0 Å². The van der Waals surface area contributed by atoms with Crippen LogP contribution in [0.5, 0.6) is 5.88 Å². The maximum Gasteiger partial charge on any atom is 0.213 e. The standard InChI is InChI=1S/C14H13F2NO2/c1-8-6-7-9(15)12(13(8)16)14(18)10-4-3-5-11(17-10)19-2/h3-7,14,18H,1-2H3. The Morgan fingerprint density at radius 1 is 1.21 bits per heavy atom. The van der Waals surface area contributed by atoms with E-state index in [9.17, 15) is 13.9 Å². The molecule has 0 saturated heterocycles. The highest BCUT2D eigenvalue weighted by atomic mass is 19.1. The van der Waals surface area contributed by atoms with E-state index in [0.29, 0.717) is 0 Å². The number of hydrogen-bond acceptors (Lipinski definition) is 3. The lowest BCUT2D eigenvalue weighted by Crippen LogP contribution is -2.09. The molecule has 1 N–H and O–H groups in total. The number of aliphatic hydroxyl groups excluding tert-OH is 1. The Labute approximate surface area is 109 Å². The van der Waals surface area contributed by atoms with Crippen molar-refractivity contribution in [2.45, 2.75) is 13.0 Å². The minimum atomic E-state index is -1.48. The second-order valence-corrected chi connectivity index (χ2v) is 4.10. The molecule has 0 amide bonds. The number of hydrogen-bond donors (Lipinski definition) is 1. The number of nitrogens with zero attached hydrogens (tertiary/aromatic N) is 1. The van der Waals surface area contributed by atoms with Gasteiger partial charge in [0.25, 0.3) is 0 Å². The molecule has 0 spiro atoms. The van der Waals surface area contributed by atoms with Crippen molar-refractivity contribution in [3.63, 3.8) is 0 Å². The summed E-state index contributed by atoms with van der Waals surface area (Å²) in [6.45, 7) is 1.50. The molecule has 0 fully saturated rings. The molecule has 0 aliphatic carbocycles. The van der Waals surface area contributed by atoms with Crippen molar-refractivity contribution in [3.05, 3.63) is 58.8 Å². The predicted molar refractivity (Wildman–Crippen MR) is 65.9 cm³/mol. The smallest absolute Gasteiger partial charge is 0.213 e. The van der Waals surface area contributed by atoms with Crippen molar-refractivity contribution in [1.82, 2.24) is 4.98 Å². The molecule has 0 saturated carbocycles. The molecule has 1 atom stereocenters. The number of ether oxygens (including phenoxy) is 1. The summed E-state index contributed by atoms with van der Waals surface area (Å²) in [5.41, 5.74) is -0.0122. The van der Waals surface area contributed by atoms with Gasteiger partial charge in [-0.15, -0.1) is 0 Å². The second-order valence-electron chi connectivity index (χ2n) is 4.10. The van der Waals surface area contributed by atoms with Crippen LogP contribution >= 0.6 is 0 Å². The van der Waals surface area contributed by atoms with E-state index in [2.05, 4.69) is 4.98 Å². The van der Waals surface area contributed by atoms with Gasteiger partial charge >= 0.3 is 0 Å². The average molecular weight is 265 g/mol.